The van der Waals surface area contributed by atoms with E-state index in [9.17, 15) is 18.0 Å². The van der Waals surface area contributed by atoms with Gasteiger partial charge in [-0.15, -0.1) is 5.10 Å². The Hall–Kier alpha value is -2.77. The fourth-order valence-corrected chi connectivity index (χ4v) is 2.19. The van der Waals surface area contributed by atoms with Gasteiger partial charge < -0.3 is 9.84 Å². The maximum atomic E-state index is 12.6. The van der Waals surface area contributed by atoms with Gasteiger partial charge in [0.05, 0.1) is 24.4 Å². The molecule has 1 heterocycles. The van der Waals surface area contributed by atoms with E-state index in [1.807, 2.05) is 6.92 Å². The van der Waals surface area contributed by atoms with Crippen molar-refractivity contribution < 1.29 is 27.8 Å². The first-order valence-corrected chi connectivity index (χ1v) is 8.07. The number of carbonyl (C=O) groups is 1. The average molecular weight is 368 g/mol. The number of aliphatic carboxylic acids is 1. The number of rotatable bonds is 8. The molecule has 0 atom stereocenters. The van der Waals surface area contributed by atoms with E-state index >= 15 is 0 Å². The van der Waals surface area contributed by atoms with Crippen molar-refractivity contribution in [3.8, 4) is 5.88 Å². The third-order valence-corrected chi connectivity index (χ3v) is 3.55. The molecule has 0 radical (unpaired) electrons. The van der Waals surface area contributed by atoms with Gasteiger partial charge in [-0.2, -0.15) is 13.2 Å². The van der Waals surface area contributed by atoms with E-state index in [0.29, 0.717) is 23.7 Å². The van der Waals surface area contributed by atoms with Crippen molar-refractivity contribution in [3.63, 3.8) is 0 Å². The number of hydrogen-bond acceptors (Lipinski definition) is 3. The van der Waals surface area contributed by atoms with E-state index in [2.05, 4.69) is 5.10 Å². The van der Waals surface area contributed by atoms with Gasteiger partial charge in [-0.25, -0.2) is 4.79 Å². The first kappa shape index (κ1) is 19.6. The molecule has 1 N–H and O–H groups in total. The number of alkyl halides is 3. The summed E-state index contributed by atoms with van der Waals surface area (Å²) in [6, 6.07) is 6.34. The molecule has 0 amide bonds. The second-order valence-corrected chi connectivity index (χ2v) is 5.63. The molecule has 1 aromatic heterocycles. The number of halogens is 3. The zero-order valence-corrected chi connectivity index (χ0v) is 14.2. The second-order valence-electron chi connectivity index (χ2n) is 5.63. The van der Waals surface area contributed by atoms with Gasteiger partial charge in [0, 0.05) is 12.1 Å². The first-order chi connectivity index (χ1) is 12.3. The molecule has 8 heteroatoms. The van der Waals surface area contributed by atoms with Gasteiger partial charge in [0.15, 0.2) is 0 Å². The molecule has 0 fully saturated rings. The van der Waals surface area contributed by atoms with E-state index in [4.69, 9.17) is 9.84 Å². The molecule has 5 nitrogen and oxygen atoms in total. The van der Waals surface area contributed by atoms with E-state index < -0.39 is 17.7 Å². The van der Waals surface area contributed by atoms with Gasteiger partial charge in [0.25, 0.3) is 0 Å². The molecule has 0 bridgehead atoms. The Morgan fingerprint density at radius 2 is 2.00 bits per heavy atom. The van der Waals surface area contributed by atoms with Crippen molar-refractivity contribution in [2.24, 2.45) is 0 Å². The molecular weight excluding hydrogens is 349 g/mol. The van der Waals surface area contributed by atoms with Crippen LogP contribution in [0.15, 0.2) is 36.4 Å². The maximum absolute atomic E-state index is 12.6. The summed E-state index contributed by atoms with van der Waals surface area (Å²) in [5, 5.41) is 13.0. The third kappa shape index (κ3) is 5.65. The topological polar surface area (TPSA) is 64.3 Å². The van der Waals surface area contributed by atoms with E-state index in [1.54, 1.807) is 6.07 Å². The number of carboxylic acids is 1. The van der Waals surface area contributed by atoms with Crippen LogP contribution in [0.5, 0.6) is 5.88 Å². The van der Waals surface area contributed by atoms with Gasteiger partial charge in [-0.05, 0) is 30.2 Å². The highest BCUT2D eigenvalue weighted by Crippen LogP contribution is 2.29. The molecule has 0 saturated heterocycles. The van der Waals surface area contributed by atoms with Crippen LogP contribution in [0.1, 0.15) is 36.6 Å². The molecule has 0 aliphatic heterocycles. The van der Waals surface area contributed by atoms with Crippen molar-refractivity contribution in [2.45, 2.75) is 32.5 Å². The Labute approximate surface area is 148 Å². The third-order valence-electron chi connectivity index (χ3n) is 3.55. The lowest BCUT2D eigenvalue weighted by Crippen LogP contribution is -2.07. The zero-order valence-electron chi connectivity index (χ0n) is 14.2. The largest absolute Gasteiger partial charge is 0.478 e. The second kappa shape index (κ2) is 8.55. The normalized spacial score (nSPS) is 11.8. The predicted octanol–water partition coefficient (Wildman–Crippen LogP) is 4.23. The van der Waals surface area contributed by atoms with E-state index in [1.165, 1.54) is 22.9 Å². The molecule has 0 aliphatic rings. The summed E-state index contributed by atoms with van der Waals surface area (Å²) in [4.78, 5) is 10.7. The summed E-state index contributed by atoms with van der Waals surface area (Å²) in [6.45, 7) is 2.69. The van der Waals surface area contributed by atoms with Crippen LogP contribution >= 0.6 is 0 Å². The molecule has 26 heavy (non-hydrogen) atoms. The van der Waals surface area contributed by atoms with Gasteiger partial charge in [-0.1, -0.05) is 25.5 Å². The average Bonchev–Trinajstić information content (AvgIpc) is 2.94. The molecule has 2 aromatic rings. The van der Waals surface area contributed by atoms with Crippen LogP contribution in [-0.4, -0.2) is 27.5 Å². The standard InChI is InChI=1S/C18H19F3N2O3/c1-2-3-10-26-16-11-15(8-9-17(24)25)23(22-16)12-13-4-6-14(7-5-13)18(19,20)21/h4-9,11H,2-3,10,12H2,1H3,(H,24,25). The SMILES string of the molecule is CCCCOc1cc(C=CC(=O)O)n(Cc2ccc(C(F)(F)F)cc2)n1. The zero-order chi connectivity index (χ0) is 19.2. The highest BCUT2D eigenvalue weighted by molar-refractivity contribution is 5.85. The smallest absolute Gasteiger partial charge is 0.416 e. The van der Waals surface area contributed by atoms with Gasteiger partial charge in [0.2, 0.25) is 5.88 Å². The molecule has 0 aliphatic carbocycles. The number of aromatic nitrogens is 2. The van der Waals surface area contributed by atoms with Gasteiger partial charge in [-0.3, -0.25) is 4.68 Å². The number of hydrogen-bond donors (Lipinski definition) is 1. The Morgan fingerprint density at radius 1 is 1.31 bits per heavy atom. The lowest BCUT2D eigenvalue weighted by atomic mass is 10.1. The van der Waals surface area contributed by atoms with Gasteiger partial charge in [0.1, 0.15) is 0 Å². The number of unbranched alkanes of at least 4 members (excludes halogenated alkanes) is 1. The van der Waals surface area contributed by atoms with E-state index in [-0.39, 0.29) is 6.54 Å². The quantitative estimate of drug-likeness (QED) is 0.560. The summed E-state index contributed by atoms with van der Waals surface area (Å²) in [7, 11) is 0. The van der Waals surface area contributed by atoms with Crippen molar-refractivity contribution in [1.29, 1.82) is 0 Å². The van der Waals surface area contributed by atoms with Crippen molar-refractivity contribution in [1.82, 2.24) is 9.78 Å². The lowest BCUT2D eigenvalue weighted by Gasteiger charge is -2.08. The number of benzene rings is 1. The van der Waals surface area contributed by atoms with Crippen molar-refractivity contribution >= 4 is 12.0 Å². The van der Waals surface area contributed by atoms with Crippen LogP contribution in [0.3, 0.4) is 0 Å². The molecule has 2 rings (SSSR count). The summed E-state index contributed by atoms with van der Waals surface area (Å²) >= 11 is 0. The van der Waals surface area contributed by atoms with Crippen LogP contribution < -0.4 is 4.74 Å². The minimum atomic E-state index is -4.39. The summed E-state index contributed by atoms with van der Waals surface area (Å²) in [5.41, 5.74) is 0.362. The summed E-state index contributed by atoms with van der Waals surface area (Å²) in [6.07, 6.45) is -0.244. The fourth-order valence-electron chi connectivity index (χ4n) is 2.19. The Balaban J connectivity index is 2.21. The number of ether oxygens (including phenoxy) is 1. The molecule has 0 spiro atoms. The summed E-state index contributed by atoms with van der Waals surface area (Å²) < 4.78 is 44.9. The van der Waals surface area contributed by atoms with Gasteiger partial charge >= 0.3 is 12.1 Å². The Kier molecular flexibility index (Phi) is 6.43. The molecule has 1 aromatic carbocycles. The molecule has 0 saturated carbocycles. The summed E-state index contributed by atoms with van der Waals surface area (Å²) in [5.74, 6) is -0.767. The lowest BCUT2D eigenvalue weighted by molar-refractivity contribution is -0.137. The molecule has 0 unspecified atom stereocenters. The van der Waals surface area contributed by atoms with Crippen molar-refractivity contribution in [3.05, 3.63) is 53.2 Å². The monoisotopic (exact) mass is 368 g/mol. The van der Waals surface area contributed by atoms with E-state index in [0.717, 1.165) is 31.1 Å². The van der Waals surface area contributed by atoms with Crippen LogP contribution in [0.4, 0.5) is 13.2 Å². The number of nitrogens with zero attached hydrogens (tertiary/aromatic N) is 2. The maximum Gasteiger partial charge on any atom is 0.416 e. The Bertz CT molecular complexity index is 765. The van der Waals surface area contributed by atoms with Crippen LogP contribution in [0.2, 0.25) is 0 Å². The van der Waals surface area contributed by atoms with Crippen LogP contribution in [0, 0.1) is 0 Å². The minimum Gasteiger partial charge on any atom is -0.478 e. The minimum absolute atomic E-state index is 0.189. The number of carboxylic acid groups (broad SMARTS) is 1. The first-order valence-electron chi connectivity index (χ1n) is 8.07. The predicted molar refractivity (Wildman–Crippen MR) is 89.8 cm³/mol. The highest BCUT2D eigenvalue weighted by atomic mass is 19.4. The van der Waals surface area contributed by atoms with Crippen LogP contribution in [0.25, 0.3) is 6.08 Å². The highest BCUT2D eigenvalue weighted by Gasteiger charge is 2.29. The van der Waals surface area contributed by atoms with Crippen LogP contribution in [-0.2, 0) is 17.5 Å². The van der Waals surface area contributed by atoms with Crippen molar-refractivity contribution in [2.75, 3.05) is 6.61 Å². The molecular formula is C18H19F3N2O3. The Morgan fingerprint density at radius 3 is 2.58 bits per heavy atom. The fraction of sp³-hybridized carbons (Fsp3) is 0.333. The molecule has 140 valence electrons.